The molecule has 0 spiro atoms. The summed E-state index contributed by atoms with van der Waals surface area (Å²) in [5.74, 6) is 2.07. The highest BCUT2D eigenvalue weighted by Gasteiger charge is 2.41. The molecule has 2 saturated carbocycles. The van der Waals surface area contributed by atoms with Crippen LogP contribution in [0.1, 0.15) is 25.7 Å². The van der Waals surface area contributed by atoms with E-state index in [1.807, 2.05) is 6.07 Å². The van der Waals surface area contributed by atoms with Crippen LogP contribution in [-0.4, -0.2) is 15.0 Å². The first kappa shape index (κ1) is 13.6. The van der Waals surface area contributed by atoms with Gasteiger partial charge in [0.25, 0.3) is 0 Å². The molecule has 1 aromatic carbocycles. The number of rotatable bonds is 6. The first-order chi connectivity index (χ1) is 9.08. The largest absolute Gasteiger partial charge is 0.241 e. The normalized spacial score (nSPS) is 19.9. The van der Waals surface area contributed by atoms with Crippen LogP contribution in [0, 0.1) is 17.8 Å². The monoisotopic (exact) mass is 343 g/mol. The molecule has 5 heteroatoms. The second kappa shape index (κ2) is 5.19. The van der Waals surface area contributed by atoms with E-state index in [0.717, 1.165) is 11.8 Å². The second-order valence-electron chi connectivity index (χ2n) is 5.62. The van der Waals surface area contributed by atoms with Crippen molar-refractivity contribution in [3.63, 3.8) is 0 Å². The van der Waals surface area contributed by atoms with Gasteiger partial charge in [-0.25, -0.2) is 13.1 Å². The Hall–Kier alpha value is -0.390. The van der Waals surface area contributed by atoms with E-state index in [0.29, 0.717) is 21.8 Å². The van der Waals surface area contributed by atoms with Crippen molar-refractivity contribution in [2.75, 3.05) is 6.54 Å². The molecule has 0 bridgehead atoms. The number of benzene rings is 1. The molecule has 0 aromatic heterocycles. The fourth-order valence-corrected chi connectivity index (χ4v) is 4.79. The van der Waals surface area contributed by atoms with Crippen LogP contribution in [0.5, 0.6) is 0 Å². The van der Waals surface area contributed by atoms with Gasteiger partial charge in [-0.15, -0.1) is 0 Å². The lowest BCUT2D eigenvalue weighted by atomic mass is 9.99. The van der Waals surface area contributed by atoms with E-state index in [1.54, 1.807) is 18.2 Å². The first-order valence-electron chi connectivity index (χ1n) is 6.82. The molecule has 2 aliphatic rings. The summed E-state index contributed by atoms with van der Waals surface area (Å²) in [5, 5.41) is 0. The molecule has 1 N–H and O–H groups in total. The minimum absolute atomic E-state index is 0.334. The molecule has 0 unspecified atom stereocenters. The fraction of sp³-hybridized carbons (Fsp3) is 0.571. The molecule has 2 fully saturated rings. The van der Waals surface area contributed by atoms with Crippen LogP contribution in [0.2, 0.25) is 0 Å². The summed E-state index contributed by atoms with van der Waals surface area (Å²) in [6.07, 6.45) is 5.10. The summed E-state index contributed by atoms with van der Waals surface area (Å²) < 4.78 is 28.0. The fourth-order valence-electron chi connectivity index (χ4n) is 2.71. The second-order valence-corrected chi connectivity index (χ2v) is 8.21. The Kier molecular flexibility index (Phi) is 3.71. The van der Waals surface area contributed by atoms with Crippen molar-refractivity contribution in [2.45, 2.75) is 30.6 Å². The topological polar surface area (TPSA) is 46.2 Å². The molecular formula is C14H18BrNO2S. The van der Waals surface area contributed by atoms with E-state index in [9.17, 15) is 8.42 Å². The van der Waals surface area contributed by atoms with Crippen LogP contribution in [0.15, 0.2) is 33.6 Å². The maximum Gasteiger partial charge on any atom is 0.241 e. The van der Waals surface area contributed by atoms with Gasteiger partial charge in [0.15, 0.2) is 0 Å². The van der Waals surface area contributed by atoms with Crippen molar-refractivity contribution in [1.82, 2.24) is 4.72 Å². The Morgan fingerprint density at radius 1 is 1.16 bits per heavy atom. The Balaban J connectivity index is 1.69. The molecule has 2 aliphatic carbocycles. The molecule has 3 rings (SSSR count). The zero-order chi connectivity index (χ0) is 13.5. The molecular weight excluding hydrogens is 326 g/mol. The molecule has 0 aliphatic heterocycles. The zero-order valence-electron chi connectivity index (χ0n) is 10.7. The minimum atomic E-state index is -3.39. The lowest BCUT2D eigenvalue weighted by Gasteiger charge is -2.16. The summed E-state index contributed by atoms with van der Waals surface area (Å²) in [4.78, 5) is 0.334. The van der Waals surface area contributed by atoms with Gasteiger partial charge in [0, 0.05) is 11.0 Å². The van der Waals surface area contributed by atoms with Crippen LogP contribution in [-0.2, 0) is 10.0 Å². The number of hydrogen-bond acceptors (Lipinski definition) is 2. The molecule has 3 nitrogen and oxygen atoms in total. The van der Waals surface area contributed by atoms with Gasteiger partial charge in [-0.05, 0) is 71.5 Å². The van der Waals surface area contributed by atoms with Crippen molar-refractivity contribution in [2.24, 2.45) is 17.8 Å². The summed E-state index contributed by atoms with van der Waals surface area (Å²) >= 11 is 3.30. The van der Waals surface area contributed by atoms with Crippen molar-refractivity contribution < 1.29 is 8.42 Å². The summed E-state index contributed by atoms with van der Waals surface area (Å²) in [6, 6.07) is 6.96. The number of sulfonamides is 1. The van der Waals surface area contributed by atoms with Crippen LogP contribution < -0.4 is 4.72 Å². The lowest BCUT2D eigenvalue weighted by molar-refractivity contribution is 0.401. The Morgan fingerprint density at radius 2 is 1.74 bits per heavy atom. The molecule has 0 saturated heterocycles. The van der Waals surface area contributed by atoms with E-state index >= 15 is 0 Å². The number of halogens is 1. The van der Waals surface area contributed by atoms with Crippen LogP contribution in [0.4, 0.5) is 0 Å². The third kappa shape index (κ3) is 3.20. The standard InChI is InChI=1S/C14H18BrNO2S/c15-13-3-1-2-4-14(13)19(17,18)16-9-12(10-5-6-10)11-7-8-11/h1-4,10-12,16H,5-9H2. The summed E-state index contributed by atoms with van der Waals surface area (Å²) in [5.41, 5.74) is 0. The highest BCUT2D eigenvalue weighted by atomic mass is 79.9. The van der Waals surface area contributed by atoms with Crippen molar-refractivity contribution in [1.29, 1.82) is 0 Å². The van der Waals surface area contributed by atoms with Crippen LogP contribution >= 0.6 is 15.9 Å². The van der Waals surface area contributed by atoms with E-state index in [4.69, 9.17) is 0 Å². The molecule has 0 radical (unpaired) electrons. The predicted octanol–water partition coefficient (Wildman–Crippen LogP) is 3.16. The maximum atomic E-state index is 12.3. The smallest absolute Gasteiger partial charge is 0.211 e. The van der Waals surface area contributed by atoms with Crippen LogP contribution in [0.3, 0.4) is 0 Å². The van der Waals surface area contributed by atoms with E-state index in [2.05, 4.69) is 20.7 Å². The highest BCUT2D eigenvalue weighted by molar-refractivity contribution is 9.10. The van der Waals surface area contributed by atoms with Crippen molar-refractivity contribution in [3.8, 4) is 0 Å². The Labute approximate surface area is 123 Å². The van der Waals surface area contributed by atoms with Crippen LogP contribution in [0.25, 0.3) is 0 Å². The molecule has 1 aromatic rings. The zero-order valence-corrected chi connectivity index (χ0v) is 13.1. The Bertz CT molecular complexity index is 553. The maximum absolute atomic E-state index is 12.3. The summed E-state index contributed by atoms with van der Waals surface area (Å²) in [7, 11) is -3.39. The third-order valence-electron chi connectivity index (χ3n) is 4.09. The minimum Gasteiger partial charge on any atom is -0.211 e. The lowest BCUT2D eigenvalue weighted by Crippen LogP contribution is -2.31. The predicted molar refractivity (Wildman–Crippen MR) is 78.3 cm³/mol. The molecule has 0 heterocycles. The number of nitrogens with one attached hydrogen (secondary N) is 1. The molecule has 0 atom stereocenters. The average molecular weight is 344 g/mol. The number of hydrogen-bond donors (Lipinski definition) is 1. The van der Waals surface area contributed by atoms with Gasteiger partial charge in [-0.1, -0.05) is 12.1 Å². The van der Waals surface area contributed by atoms with E-state index in [-0.39, 0.29) is 0 Å². The molecule has 104 valence electrons. The molecule has 0 amide bonds. The van der Waals surface area contributed by atoms with Gasteiger partial charge < -0.3 is 0 Å². The van der Waals surface area contributed by atoms with Gasteiger partial charge >= 0.3 is 0 Å². The Morgan fingerprint density at radius 3 is 2.26 bits per heavy atom. The van der Waals surface area contributed by atoms with Crippen molar-refractivity contribution >= 4 is 26.0 Å². The van der Waals surface area contributed by atoms with E-state index < -0.39 is 10.0 Å². The average Bonchev–Trinajstić information content (AvgIpc) is 3.24. The van der Waals surface area contributed by atoms with Gasteiger partial charge in [0.05, 0.1) is 4.90 Å². The third-order valence-corrected chi connectivity index (χ3v) is 6.53. The highest BCUT2D eigenvalue weighted by Crippen LogP contribution is 2.48. The quantitative estimate of drug-likeness (QED) is 0.862. The van der Waals surface area contributed by atoms with Crippen molar-refractivity contribution in [3.05, 3.63) is 28.7 Å². The first-order valence-corrected chi connectivity index (χ1v) is 9.10. The summed E-state index contributed by atoms with van der Waals surface area (Å²) in [6.45, 7) is 0.596. The van der Waals surface area contributed by atoms with Gasteiger partial charge in [-0.2, -0.15) is 0 Å². The van der Waals surface area contributed by atoms with Gasteiger partial charge in [-0.3, -0.25) is 0 Å². The SMILES string of the molecule is O=S(=O)(NCC(C1CC1)C1CC1)c1ccccc1Br. The van der Waals surface area contributed by atoms with Gasteiger partial charge in [0.2, 0.25) is 10.0 Å². The molecule has 19 heavy (non-hydrogen) atoms. The van der Waals surface area contributed by atoms with Gasteiger partial charge in [0.1, 0.15) is 0 Å². The van der Waals surface area contributed by atoms with E-state index in [1.165, 1.54) is 25.7 Å².